The van der Waals surface area contributed by atoms with Crippen molar-refractivity contribution in [2.75, 3.05) is 0 Å². The number of hydrogen-bond acceptors (Lipinski definition) is 2. The van der Waals surface area contributed by atoms with E-state index in [-0.39, 0.29) is 0 Å². The Morgan fingerprint density at radius 1 is 1.13 bits per heavy atom. The Morgan fingerprint density at radius 3 is 3.07 bits per heavy atom. The molecular formula is C13H10N2. The van der Waals surface area contributed by atoms with Gasteiger partial charge in [0.25, 0.3) is 0 Å². The molecule has 2 heteroatoms. The minimum Gasteiger partial charge on any atom is -0.345 e. The van der Waals surface area contributed by atoms with Crippen LogP contribution in [0, 0.1) is 0 Å². The Kier molecular flexibility index (Phi) is 1.78. The molecule has 3 rings (SSSR count). The van der Waals surface area contributed by atoms with E-state index in [9.17, 15) is 0 Å². The van der Waals surface area contributed by atoms with Crippen molar-refractivity contribution >= 4 is 18.1 Å². The van der Waals surface area contributed by atoms with Gasteiger partial charge in [0.1, 0.15) is 0 Å². The van der Waals surface area contributed by atoms with Crippen LogP contribution in [0.2, 0.25) is 0 Å². The maximum Gasteiger partial charge on any atom is 0.0923 e. The van der Waals surface area contributed by atoms with Crippen LogP contribution in [0.1, 0.15) is 0 Å². The van der Waals surface area contributed by atoms with E-state index in [0.29, 0.717) is 0 Å². The van der Waals surface area contributed by atoms with Crippen LogP contribution in [0.25, 0.3) is 11.8 Å². The largest absolute Gasteiger partial charge is 0.345 e. The highest BCUT2D eigenvalue weighted by molar-refractivity contribution is 5.81. The number of allylic oxidation sites excluding steroid dienone is 1. The van der Waals surface area contributed by atoms with Crippen molar-refractivity contribution in [1.82, 2.24) is 5.32 Å². The van der Waals surface area contributed by atoms with Crippen LogP contribution in [0.4, 0.5) is 0 Å². The second kappa shape index (κ2) is 3.24. The Labute approximate surface area is 87.7 Å². The molecule has 1 heterocycles. The number of aliphatic imine (C=N–C) groups is 1. The summed E-state index contributed by atoms with van der Waals surface area (Å²) in [4.78, 5) is 4.09. The lowest BCUT2D eigenvalue weighted by Crippen LogP contribution is -2.31. The summed E-state index contributed by atoms with van der Waals surface area (Å²) in [6, 6.07) is 8.34. The molecule has 2 nitrogen and oxygen atoms in total. The summed E-state index contributed by atoms with van der Waals surface area (Å²) in [6.07, 6.45) is 9.83. The molecule has 1 aromatic carbocycles. The molecule has 0 fully saturated rings. The van der Waals surface area contributed by atoms with Gasteiger partial charge in [-0.3, -0.25) is 0 Å². The molecule has 1 N–H and O–H groups in total. The van der Waals surface area contributed by atoms with Gasteiger partial charge in [0.15, 0.2) is 0 Å². The fourth-order valence-electron chi connectivity index (χ4n) is 1.85. The zero-order valence-corrected chi connectivity index (χ0v) is 8.14. The van der Waals surface area contributed by atoms with Gasteiger partial charge in [0, 0.05) is 17.0 Å². The normalized spacial score (nSPS) is 16.8. The highest BCUT2D eigenvalue weighted by Crippen LogP contribution is 2.11. The molecule has 0 atom stereocenters. The first-order chi connectivity index (χ1) is 7.45. The molecule has 0 saturated carbocycles. The molecule has 0 bridgehead atoms. The predicted octanol–water partition coefficient (Wildman–Crippen LogP) is 0.661. The van der Waals surface area contributed by atoms with Crippen LogP contribution < -0.4 is 15.8 Å². The van der Waals surface area contributed by atoms with Gasteiger partial charge in [-0.2, -0.15) is 0 Å². The fraction of sp³-hybridized carbons (Fsp3) is 0. The number of nitrogens with zero attached hydrogens (tertiary/aromatic N) is 1. The Bertz CT molecular complexity index is 604. The summed E-state index contributed by atoms with van der Waals surface area (Å²) in [5.41, 5.74) is 2.25. The highest BCUT2D eigenvalue weighted by Gasteiger charge is 2.06. The van der Waals surface area contributed by atoms with Gasteiger partial charge < -0.3 is 5.32 Å². The lowest BCUT2D eigenvalue weighted by atomic mass is 10.1. The van der Waals surface area contributed by atoms with Gasteiger partial charge in [-0.1, -0.05) is 42.5 Å². The first kappa shape index (κ1) is 8.24. The molecule has 1 aromatic rings. The third kappa shape index (κ3) is 1.31. The van der Waals surface area contributed by atoms with Crippen molar-refractivity contribution in [2.24, 2.45) is 4.99 Å². The van der Waals surface area contributed by atoms with Crippen molar-refractivity contribution in [3.63, 3.8) is 0 Å². The summed E-state index contributed by atoms with van der Waals surface area (Å²) in [7, 11) is 0. The molecule has 0 spiro atoms. The van der Waals surface area contributed by atoms with Crippen LogP contribution in [0.15, 0.2) is 53.2 Å². The molecule has 2 aliphatic rings. The topological polar surface area (TPSA) is 24.4 Å². The minimum absolute atomic E-state index is 1.12. The zero-order chi connectivity index (χ0) is 10.1. The van der Waals surface area contributed by atoms with Gasteiger partial charge in [-0.05, 0) is 5.22 Å². The smallest absolute Gasteiger partial charge is 0.0923 e. The van der Waals surface area contributed by atoms with Gasteiger partial charge in [-0.25, -0.2) is 4.99 Å². The average molecular weight is 194 g/mol. The summed E-state index contributed by atoms with van der Waals surface area (Å²) >= 11 is 0. The predicted molar refractivity (Wildman–Crippen MR) is 62.4 cm³/mol. The Hall–Kier alpha value is -2.09. The number of hydrogen-bond donors (Lipinski definition) is 1. The van der Waals surface area contributed by atoms with E-state index in [4.69, 9.17) is 0 Å². The van der Waals surface area contributed by atoms with E-state index >= 15 is 0 Å². The van der Waals surface area contributed by atoms with E-state index in [1.165, 1.54) is 10.4 Å². The number of rotatable bonds is 0. The van der Waals surface area contributed by atoms with E-state index in [2.05, 4.69) is 52.8 Å². The number of nitrogens with one attached hydrogen (secondary N) is 1. The third-order valence-electron chi connectivity index (χ3n) is 2.57. The van der Waals surface area contributed by atoms with Crippen LogP contribution in [-0.2, 0) is 0 Å². The fourth-order valence-corrected chi connectivity index (χ4v) is 1.85. The van der Waals surface area contributed by atoms with Crippen LogP contribution in [0.3, 0.4) is 0 Å². The Morgan fingerprint density at radius 2 is 2.07 bits per heavy atom. The van der Waals surface area contributed by atoms with Crippen molar-refractivity contribution in [3.05, 3.63) is 58.6 Å². The molecule has 0 unspecified atom stereocenters. The van der Waals surface area contributed by atoms with Gasteiger partial charge in [0.2, 0.25) is 0 Å². The monoisotopic (exact) mass is 194 g/mol. The second-order valence-electron chi connectivity index (χ2n) is 3.49. The lowest BCUT2D eigenvalue weighted by molar-refractivity contribution is 1.24. The molecule has 1 aliphatic carbocycles. The zero-order valence-electron chi connectivity index (χ0n) is 8.14. The number of benzene rings is 1. The van der Waals surface area contributed by atoms with E-state index < -0.39 is 0 Å². The third-order valence-corrected chi connectivity index (χ3v) is 2.57. The SMILES string of the molecule is C1=CC2=CN=CNC2=c2ccccc2=C1. The molecule has 72 valence electrons. The van der Waals surface area contributed by atoms with E-state index in [1.807, 2.05) is 6.20 Å². The average Bonchev–Trinajstić information content (AvgIpc) is 2.48. The maximum atomic E-state index is 4.09. The molecule has 0 radical (unpaired) electrons. The maximum absolute atomic E-state index is 4.09. The number of fused-ring (bicyclic) bond motifs is 2. The minimum atomic E-state index is 1.12. The molecule has 15 heavy (non-hydrogen) atoms. The van der Waals surface area contributed by atoms with Crippen molar-refractivity contribution in [1.29, 1.82) is 0 Å². The highest BCUT2D eigenvalue weighted by atomic mass is 15.0. The van der Waals surface area contributed by atoms with Crippen molar-refractivity contribution in [2.45, 2.75) is 0 Å². The van der Waals surface area contributed by atoms with Crippen LogP contribution >= 0.6 is 0 Å². The molecular weight excluding hydrogens is 184 g/mol. The summed E-state index contributed by atoms with van der Waals surface area (Å²) in [5.74, 6) is 0. The van der Waals surface area contributed by atoms with E-state index in [1.54, 1.807) is 6.34 Å². The molecule has 0 amide bonds. The molecule has 0 saturated heterocycles. The van der Waals surface area contributed by atoms with Crippen molar-refractivity contribution in [3.8, 4) is 0 Å². The lowest BCUT2D eigenvalue weighted by Gasteiger charge is -2.10. The Balaban J connectivity index is 2.45. The van der Waals surface area contributed by atoms with E-state index in [0.717, 1.165) is 11.3 Å². The molecule has 0 aromatic heterocycles. The molecule has 1 aliphatic heterocycles. The summed E-state index contributed by atoms with van der Waals surface area (Å²) in [6.45, 7) is 0. The standard InChI is InChI=1S/C13H10N2/c1-2-7-12-10(4-1)5-3-6-11-8-14-9-15-13(11)12/h1-9H,(H,14,15). The first-order valence-corrected chi connectivity index (χ1v) is 4.92. The summed E-state index contributed by atoms with van der Waals surface area (Å²) < 4.78 is 0. The van der Waals surface area contributed by atoms with Gasteiger partial charge >= 0.3 is 0 Å². The first-order valence-electron chi connectivity index (χ1n) is 4.92. The summed E-state index contributed by atoms with van der Waals surface area (Å²) in [5, 5.41) is 5.66. The van der Waals surface area contributed by atoms with Gasteiger partial charge in [-0.15, -0.1) is 0 Å². The quantitative estimate of drug-likeness (QED) is 0.644. The van der Waals surface area contributed by atoms with Crippen LogP contribution in [-0.4, -0.2) is 6.34 Å². The van der Waals surface area contributed by atoms with Crippen LogP contribution in [0.5, 0.6) is 0 Å². The van der Waals surface area contributed by atoms with Gasteiger partial charge in [0.05, 0.1) is 12.0 Å². The van der Waals surface area contributed by atoms with Crippen molar-refractivity contribution < 1.29 is 0 Å². The second-order valence-corrected chi connectivity index (χ2v) is 3.49.